The van der Waals surface area contributed by atoms with E-state index in [1.54, 1.807) is 6.08 Å². The molecule has 0 fully saturated rings. The molecule has 0 heterocycles. The average molecular weight is 502 g/mol. The zero-order chi connectivity index (χ0) is 26.5. The van der Waals surface area contributed by atoms with Crippen LogP contribution in [-0.4, -0.2) is 34.9 Å². The van der Waals surface area contributed by atoms with Gasteiger partial charge in [-0.1, -0.05) is 106 Å². The molecule has 4 heteroatoms. The van der Waals surface area contributed by atoms with E-state index in [1.165, 1.54) is 44.9 Å². The highest BCUT2D eigenvalue weighted by Gasteiger charge is 2.17. The summed E-state index contributed by atoms with van der Waals surface area (Å²) < 4.78 is 0. The number of nitrogens with one attached hydrogen (secondary N) is 1. The van der Waals surface area contributed by atoms with Crippen LogP contribution >= 0.6 is 0 Å². The zero-order valence-electron chi connectivity index (χ0n) is 23.3. The summed E-state index contributed by atoms with van der Waals surface area (Å²) >= 11 is 0. The number of amides is 1. The number of allylic oxidation sites excluding steroid dienone is 9. The average Bonchev–Trinajstić information content (AvgIpc) is 2.88. The van der Waals surface area contributed by atoms with Crippen LogP contribution in [0, 0.1) is 0 Å². The van der Waals surface area contributed by atoms with Crippen molar-refractivity contribution >= 4 is 5.91 Å². The molecule has 0 bridgehead atoms. The summed E-state index contributed by atoms with van der Waals surface area (Å²) in [5.74, 6) is -0.0987. The van der Waals surface area contributed by atoms with Gasteiger partial charge in [0.1, 0.15) is 0 Å². The minimum Gasteiger partial charge on any atom is -0.394 e. The van der Waals surface area contributed by atoms with Crippen molar-refractivity contribution in [2.24, 2.45) is 0 Å². The summed E-state index contributed by atoms with van der Waals surface area (Å²) in [6.45, 7) is 3.99. The first-order chi connectivity index (χ1) is 17.7. The largest absolute Gasteiger partial charge is 0.394 e. The molecule has 0 aliphatic heterocycles. The van der Waals surface area contributed by atoms with Crippen LogP contribution in [0.15, 0.2) is 60.8 Å². The SMILES string of the molecule is C/C=C/CC/C=C/CC/C=C/C(O)C(CO)NC(=O)CCCCCCCC/C=C\C=C/CCCCC. The molecule has 0 aliphatic rings. The Morgan fingerprint density at radius 2 is 1.28 bits per heavy atom. The van der Waals surface area contributed by atoms with Gasteiger partial charge in [0.2, 0.25) is 5.91 Å². The summed E-state index contributed by atoms with van der Waals surface area (Å²) in [7, 11) is 0. The molecule has 0 spiro atoms. The molecule has 2 atom stereocenters. The molecular weight excluding hydrogens is 446 g/mol. The van der Waals surface area contributed by atoms with Gasteiger partial charge in [0, 0.05) is 6.42 Å². The summed E-state index contributed by atoms with van der Waals surface area (Å²) in [4.78, 5) is 12.2. The van der Waals surface area contributed by atoms with Gasteiger partial charge in [-0.2, -0.15) is 0 Å². The number of aliphatic hydroxyl groups excluding tert-OH is 2. The molecule has 0 saturated heterocycles. The summed E-state index contributed by atoms with van der Waals surface area (Å²) in [5, 5.41) is 22.6. The normalized spacial score (nSPS) is 14.2. The maximum absolute atomic E-state index is 12.2. The number of unbranched alkanes of at least 4 members (excludes halogenated alkanes) is 11. The maximum atomic E-state index is 12.2. The predicted molar refractivity (Wildman–Crippen MR) is 156 cm³/mol. The van der Waals surface area contributed by atoms with E-state index in [0.717, 1.165) is 51.4 Å². The Bertz CT molecular complexity index is 633. The third-order valence-corrected chi connectivity index (χ3v) is 6.07. The molecule has 0 saturated carbocycles. The van der Waals surface area contributed by atoms with Crippen molar-refractivity contribution < 1.29 is 15.0 Å². The third-order valence-electron chi connectivity index (χ3n) is 6.07. The van der Waals surface area contributed by atoms with Crippen molar-refractivity contribution in [1.82, 2.24) is 5.32 Å². The van der Waals surface area contributed by atoms with E-state index < -0.39 is 12.1 Å². The van der Waals surface area contributed by atoms with Crippen LogP contribution in [0.3, 0.4) is 0 Å². The van der Waals surface area contributed by atoms with Crippen LogP contribution in [0.2, 0.25) is 0 Å². The second-order valence-electron chi connectivity index (χ2n) is 9.48. The second-order valence-corrected chi connectivity index (χ2v) is 9.48. The van der Waals surface area contributed by atoms with Crippen LogP contribution in [0.5, 0.6) is 0 Å². The van der Waals surface area contributed by atoms with Gasteiger partial charge in [0.15, 0.2) is 0 Å². The van der Waals surface area contributed by atoms with Gasteiger partial charge in [0.05, 0.1) is 18.8 Å². The van der Waals surface area contributed by atoms with Crippen molar-refractivity contribution in [2.75, 3.05) is 6.61 Å². The first-order valence-corrected chi connectivity index (χ1v) is 14.5. The van der Waals surface area contributed by atoms with Crippen molar-refractivity contribution in [3.63, 3.8) is 0 Å². The van der Waals surface area contributed by atoms with E-state index in [1.807, 2.05) is 13.0 Å². The van der Waals surface area contributed by atoms with Gasteiger partial charge >= 0.3 is 0 Å². The van der Waals surface area contributed by atoms with E-state index in [0.29, 0.717) is 6.42 Å². The smallest absolute Gasteiger partial charge is 0.220 e. The lowest BCUT2D eigenvalue weighted by Crippen LogP contribution is -2.45. The van der Waals surface area contributed by atoms with Gasteiger partial charge in [-0.05, 0) is 64.7 Å². The summed E-state index contributed by atoms with van der Waals surface area (Å²) in [6, 6.07) is -0.649. The second kappa shape index (κ2) is 27.7. The molecule has 0 aromatic carbocycles. The van der Waals surface area contributed by atoms with Crippen LogP contribution < -0.4 is 5.32 Å². The van der Waals surface area contributed by atoms with E-state index in [-0.39, 0.29) is 12.5 Å². The van der Waals surface area contributed by atoms with Gasteiger partial charge in [0.25, 0.3) is 0 Å². The highest BCUT2D eigenvalue weighted by atomic mass is 16.3. The number of hydrogen-bond donors (Lipinski definition) is 3. The number of carbonyl (C=O) groups is 1. The molecule has 2 unspecified atom stereocenters. The van der Waals surface area contributed by atoms with E-state index in [2.05, 4.69) is 60.8 Å². The predicted octanol–water partition coefficient (Wildman–Crippen LogP) is 7.89. The standard InChI is InChI=1S/C32H55NO3/c1-3-5-7-9-11-13-14-15-16-17-18-20-22-24-26-28-32(36)33-30(29-34)31(35)27-25-23-21-19-12-10-8-6-4-2/h4,6,11-15,19,25,27,30-31,34-35H,3,5,7-10,16-18,20-24,26,28-29H2,1-2H3,(H,33,36)/b6-4+,13-11-,15-14-,19-12+,27-25+. The number of aliphatic hydroxyl groups is 2. The van der Waals surface area contributed by atoms with Crippen LogP contribution in [0.4, 0.5) is 0 Å². The van der Waals surface area contributed by atoms with E-state index in [4.69, 9.17) is 0 Å². The van der Waals surface area contributed by atoms with Crippen LogP contribution in [0.25, 0.3) is 0 Å². The number of hydrogen-bond acceptors (Lipinski definition) is 3. The Morgan fingerprint density at radius 1 is 0.722 bits per heavy atom. The zero-order valence-corrected chi connectivity index (χ0v) is 23.3. The van der Waals surface area contributed by atoms with Crippen molar-refractivity contribution in [3.05, 3.63) is 60.8 Å². The first kappa shape index (κ1) is 34.1. The fourth-order valence-corrected chi connectivity index (χ4v) is 3.79. The van der Waals surface area contributed by atoms with Gasteiger partial charge < -0.3 is 15.5 Å². The Labute approximate surface area is 222 Å². The molecule has 36 heavy (non-hydrogen) atoms. The Balaban J connectivity index is 3.78. The van der Waals surface area contributed by atoms with Gasteiger partial charge in [-0.15, -0.1) is 0 Å². The highest BCUT2D eigenvalue weighted by molar-refractivity contribution is 5.76. The lowest BCUT2D eigenvalue weighted by Gasteiger charge is -2.19. The Kier molecular flexibility index (Phi) is 26.2. The molecular formula is C32H55NO3. The molecule has 0 aliphatic carbocycles. The first-order valence-electron chi connectivity index (χ1n) is 14.5. The number of carbonyl (C=O) groups excluding carboxylic acids is 1. The lowest BCUT2D eigenvalue weighted by atomic mass is 10.1. The molecule has 0 radical (unpaired) electrons. The minimum atomic E-state index is -0.872. The molecule has 3 N–H and O–H groups in total. The van der Waals surface area contributed by atoms with Crippen molar-refractivity contribution in [2.45, 2.75) is 129 Å². The molecule has 0 aromatic heterocycles. The number of rotatable bonds is 24. The fourth-order valence-electron chi connectivity index (χ4n) is 3.79. The monoisotopic (exact) mass is 501 g/mol. The third kappa shape index (κ3) is 23.8. The lowest BCUT2D eigenvalue weighted by molar-refractivity contribution is -0.123. The molecule has 206 valence electrons. The molecule has 4 nitrogen and oxygen atoms in total. The van der Waals surface area contributed by atoms with Crippen molar-refractivity contribution in [3.8, 4) is 0 Å². The molecule has 0 rings (SSSR count). The van der Waals surface area contributed by atoms with Crippen LogP contribution in [0.1, 0.15) is 117 Å². The van der Waals surface area contributed by atoms with Crippen LogP contribution in [-0.2, 0) is 4.79 Å². The Hall–Kier alpha value is -1.91. The van der Waals surface area contributed by atoms with E-state index >= 15 is 0 Å². The quantitative estimate of drug-likeness (QED) is 0.0715. The topological polar surface area (TPSA) is 69.6 Å². The Morgan fingerprint density at radius 3 is 1.89 bits per heavy atom. The minimum absolute atomic E-state index is 0.0987. The van der Waals surface area contributed by atoms with Gasteiger partial charge in [-0.3, -0.25) is 4.79 Å². The summed E-state index contributed by atoms with van der Waals surface area (Å²) in [5.41, 5.74) is 0. The highest BCUT2D eigenvalue weighted by Crippen LogP contribution is 2.10. The molecule has 1 amide bonds. The maximum Gasteiger partial charge on any atom is 0.220 e. The van der Waals surface area contributed by atoms with Crippen molar-refractivity contribution in [1.29, 1.82) is 0 Å². The molecule has 0 aromatic rings. The fraction of sp³-hybridized carbons (Fsp3) is 0.656. The summed E-state index contributed by atoms with van der Waals surface area (Å²) in [6.07, 6.45) is 37.3. The van der Waals surface area contributed by atoms with E-state index in [9.17, 15) is 15.0 Å². The van der Waals surface area contributed by atoms with Gasteiger partial charge in [-0.25, -0.2) is 0 Å².